The Bertz CT molecular complexity index is 336. The lowest BCUT2D eigenvalue weighted by molar-refractivity contribution is 1.11. The number of aromatic nitrogens is 1. The van der Waals surface area contributed by atoms with E-state index >= 15 is 0 Å². The van der Waals surface area contributed by atoms with E-state index in [1.54, 1.807) is 0 Å². The van der Waals surface area contributed by atoms with Gasteiger partial charge in [0.15, 0.2) is 0 Å². The third kappa shape index (κ3) is 0.868. The molecule has 1 aromatic heterocycles. The molecule has 0 spiro atoms. The monoisotopic (exact) mass is 153 g/mol. The summed E-state index contributed by atoms with van der Waals surface area (Å²) in [5, 5.41) is 2.61. The van der Waals surface area contributed by atoms with E-state index in [1.165, 1.54) is 5.22 Å². The van der Waals surface area contributed by atoms with Crippen LogP contribution < -0.4 is 10.6 Å². The van der Waals surface area contributed by atoms with E-state index in [1.807, 2.05) is 6.20 Å². The predicted octanol–water partition coefficient (Wildman–Crippen LogP) is 0.587. The molecule has 52 valence electrons. The molecule has 1 heterocycles. The van der Waals surface area contributed by atoms with Crippen LogP contribution in [0.25, 0.3) is 12.2 Å². The summed E-state index contributed by atoms with van der Waals surface area (Å²) in [6.45, 7) is 0. The van der Waals surface area contributed by atoms with Gasteiger partial charge >= 0.3 is 0 Å². The second-order valence-corrected chi connectivity index (χ2v) is 3.03. The molecule has 1 aromatic rings. The van der Waals surface area contributed by atoms with Gasteiger partial charge in [-0.05, 0) is 23.8 Å². The van der Waals surface area contributed by atoms with Crippen molar-refractivity contribution < 1.29 is 0 Å². The Morgan fingerprint density at radius 2 is 2.50 bits per heavy atom. The third-order valence-corrected chi connectivity index (χ3v) is 2.03. The fourth-order valence-corrected chi connectivity index (χ4v) is 1.42. The molecule has 0 radical (unpaired) electrons. The number of H-pyrrole nitrogens is 1. The van der Waals surface area contributed by atoms with Crippen molar-refractivity contribution in [1.29, 1.82) is 0 Å². The molecule has 0 saturated heterocycles. The lowest BCUT2D eigenvalue weighted by Gasteiger charge is -2.01. The molecule has 1 aliphatic carbocycles. The van der Waals surface area contributed by atoms with Gasteiger partial charge in [0, 0.05) is 11.5 Å². The maximum absolute atomic E-state index is 5.89. The standard InChI is InChI=1S/C8H8ClN/c9-7-2-1-6-3-4-10-8(6)5-7/h1,3-5,7,10H,2H2. The predicted molar refractivity (Wildman–Crippen MR) is 43.2 cm³/mol. The lowest BCUT2D eigenvalue weighted by Crippen LogP contribution is -2.27. The fraction of sp³-hybridized carbons (Fsp3) is 0.250. The number of hydrogen-bond acceptors (Lipinski definition) is 0. The minimum Gasteiger partial charge on any atom is -0.361 e. The van der Waals surface area contributed by atoms with Crippen molar-refractivity contribution in [2.24, 2.45) is 0 Å². The van der Waals surface area contributed by atoms with Crippen LogP contribution in [-0.4, -0.2) is 10.4 Å². The van der Waals surface area contributed by atoms with Crippen LogP contribution in [0.4, 0.5) is 0 Å². The van der Waals surface area contributed by atoms with Crippen molar-refractivity contribution in [3.8, 4) is 0 Å². The molecule has 0 bridgehead atoms. The largest absolute Gasteiger partial charge is 0.361 e. The molecule has 0 fully saturated rings. The zero-order valence-corrected chi connectivity index (χ0v) is 6.23. The summed E-state index contributed by atoms with van der Waals surface area (Å²) < 4.78 is 0. The first-order valence-corrected chi connectivity index (χ1v) is 3.79. The van der Waals surface area contributed by atoms with Crippen molar-refractivity contribution in [2.45, 2.75) is 11.8 Å². The van der Waals surface area contributed by atoms with E-state index in [2.05, 4.69) is 23.2 Å². The summed E-state index contributed by atoms with van der Waals surface area (Å²) in [5.74, 6) is 0. The smallest absolute Gasteiger partial charge is 0.0573 e. The molecule has 0 amide bonds. The van der Waals surface area contributed by atoms with Gasteiger partial charge in [0.25, 0.3) is 0 Å². The van der Waals surface area contributed by atoms with Gasteiger partial charge in [-0.25, -0.2) is 0 Å². The summed E-state index contributed by atoms with van der Waals surface area (Å²) in [4.78, 5) is 3.12. The summed E-state index contributed by atoms with van der Waals surface area (Å²) in [6, 6.07) is 2.06. The van der Waals surface area contributed by atoms with Gasteiger partial charge in [-0.1, -0.05) is 6.08 Å². The zero-order valence-electron chi connectivity index (χ0n) is 5.47. The van der Waals surface area contributed by atoms with Gasteiger partial charge in [0.2, 0.25) is 0 Å². The Hall–Kier alpha value is -0.690. The van der Waals surface area contributed by atoms with Gasteiger partial charge in [-0.2, -0.15) is 0 Å². The highest BCUT2D eigenvalue weighted by Crippen LogP contribution is 2.05. The van der Waals surface area contributed by atoms with Crippen molar-refractivity contribution in [2.75, 3.05) is 0 Å². The first-order chi connectivity index (χ1) is 4.86. The van der Waals surface area contributed by atoms with Crippen LogP contribution in [0, 0.1) is 0 Å². The first-order valence-electron chi connectivity index (χ1n) is 3.36. The third-order valence-electron chi connectivity index (χ3n) is 1.72. The summed E-state index contributed by atoms with van der Waals surface area (Å²) in [6.07, 6.45) is 7.10. The second kappa shape index (κ2) is 2.17. The quantitative estimate of drug-likeness (QED) is 0.525. The van der Waals surface area contributed by atoms with Gasteiger partial charge in [-0.15, -0.1) is 11.6 Å². The Kier molecular flexibility index (Phi) is 1.31. The number of nitrogens with one attached hydrogen (secondary N) is 1. The molecule has 1 N–H and O–H groups in total. The van der Waals surface area contributed by atoms with Crippen LogP contribution >= 0.6 is 11.6 Å². The minimum atomic E-state index is 0.172. The van der Waals surface area contributed by atoms with Crippen molar-refractivity contribution in [3.63, 3.8) is 0 Å². The Morgan fingerprint density at radius 1 is 1.60 bits per heavy atom. The number of alkyl halides is 1. The van der Waals surface area contributed by atoms with E-state index in [0.717, 1.165) is 11.8 Å². The molecule has 0 aromatic carbocycles. The van der Waals surface area contributed by atoms with Crippen LogP contribution in [0.15, 0.2) is 12.3 Å². The highest BCUT2D eigenvalue weighted by molar-refractivity contribution is 6.24. The summed E-state index contributed by atoms with van der Waals surface area (Å²) >= 11 is 5.89. The molecule has 2 heteroatoms. The minimum absolute atomic E-state index is 0.172. The first kappa shape index (κ1) is 6.05. The summed E-state index contributed by atoms with van der Waals surface area (Å²) in [7, 11) is 0. The van der Waals surface area contributed by atoms with Crippen LogP contribution in [0.1, 0.15) is 6.42 Å². The SMILES string of the molecule is ClC1C=c2[nH]ccc2=CC1. The van der Waals surface area contributed by atoms with Gasteiger partial charge in [-0.3, -0.25) is 0 Å². The number of hydrogen-bond donors (Lipinski definition) is 1. The van der Waals surface area contributed by atoms with Crippen molar-refractivity contribution in [3.05, 3.63) is 22.8 Å². The molecule has 2 rings (SSSR count). The molecular formula is C8H8ClN. The lowest BCUT2D eigenvalue weighted by atomic mass is 10.2. The van der Waals surface area contributed by atoms with Crippen molar-refractivity contribution in [1.82, 2.24) is 4.98 Å². The van der Waals surface area contributed by atoms with E-state index in [0.29, 0.717) is 0 Å². The van der Waals surface area contributed by atoms with Crippen LogP contribution in [0.3, 0.4) is 0 Å². The number of fused-ring (bicyclic) bond motifs is 1. The molecule has 10 heavy (non-hydrogen) atoms. The topological polar surface area (TPSA) is 15.8 Å². The van der Waals surface area contributed by atoms with Crippen LogP contribution in [0.5, 0.6) is 0 Å². The zero-order chi connectivity index (χ0) is 6.97. The molecule has 0 saturated carbocycles. The average Bonchev–Trinajstić information content (AvgIpc) is 2.33. The van der Waals surface area contributed by atoms with Gasteiger partial charge < -0.3 is 4.98 Å². The molecule has 1 atom stereocenters. The molecule has 1 unspecified atom stereocenters. The number of aromatic amines is 1. The van der Waals surface area contributed by atoms with E-state index in [4.69, 9.17) is 11.6 Å². The summed E-state index contributed by atoms with van der Waals surface area (Å²) in [5.41, 5.74) is 0. The van der Waals surface area contributed by atoms with E-state index in [9.17, 15) is 0 Å². The second-order valence-electron chi connectivity index (χ2n) is 2.47. The van der Waals surface area contributed by atoms with Gasteiger partial charge in [0.05, 0.1) is 5.38 Å². The molecular weight excluding hydrogens is 146 g/mol. The highest BCUT2D eigenvalue weighted by atomic mass is 35.5. The fourth-order valence-electron chi connectivity index (χ4n) is 1.21. The molecule has 1 aliphatic rings. The number of halogens is 1. The Labute approximate surface area is 64.0 Å². The Morgan fingerprint density at radius 3 is 3.40 bits per heavy atom. The molecule has 1 nitrogen and oxygen atoms in total. The highest BCUT2D eigenvalue weighted by Gasteiger charge is 2.02. The van der Waals surface area contributed by atoms with Crippen LogP contribution in [-0.2, 0) is 0 Å². The van der Waals surface area contributed by atoms with Crippen LogP contribution in [0.2, 0.25) is 0 Å². The Balaban J connectivity index is 2.73. The number of rotatable bonds is 0. The van der Waals surface area contributed by atoms with Gasteiger partial charge in [0.1, 0.15) is 0 Å². The van der Waals surface area contributed by atoms with Crippen molar-refractivity contribution >= 4 is 23.8 Å². The normalized spacial score (nSPS) is 22.7. The van der Waals surface area contributed by atoms with E-state index in [-0.39, 0.29) is 5.38 Å². The maximum Gasteiger partial charge on any atom is 0.0573 e. The molecule has 0 aliphatic heterocycles. The maximum atomic E-state index is 5.89. The van der Waals surface area contributed by atoms with E-state index < -0.39 is 0 Å². The average molecular weight is 154 g/mol.